The van der Waals surface area contributed by atoms with Gasteiger partial charge < -0.3 is 46.6 Å². The first kappa shape index (κ1) is 43.1. The highest BCUT2D eigenvalue weighted by Crippen LogP contribution is 2.09. The monoisotopic (exact) mass is 732 g/mol. The third-order valence-electron chi connectivity index (χ3n) is 7.73. The molecule has 3 atom stereocenters. The van der Waals surface area contributed by atoms with Crippen LogP contribution >= 0.6 is 0 Å². The number of aliphatic hydroxyl groups excluding tert-OH is 4. The van der Waals surface area contributed by atoms with E-state index in [9.17, 15) is 53.7 Å². The van der Waals surface area contributed by atoms with Crippen LogP contribution in [-0.2, 0) is 44.8 Å². The Balaban J connectivity index is 1.94. The molecule has 1 aromatic carbocycles. The largest absolute Gasteiger partial charge is 0.396 e. The van der Waals surface area contributed by atoms with Crippen LogP contribution in [0.2, 0.25) is 0 Å². The second-order valence-electron chi connectivity index (χ2n) is 12.0. The van der Waals surface area contributed by atoms with Gasteiger partial charge in [0.05, 0.1) is 24.8 Å². The Morgan fingerprint density at radius 3 is 1.96 bits per heavy atom. The molecule has 1 heterocycles. The van der Waals surface area contributed by atoms with Gasteiger partial charge in [-0.05, 0) is 24.8 Å². The normalized spacial score (nSPS) is 14.0. The Morgan fingerprint density at radius 1 is 0.731 bits per heavy atom. The highest BCUT2D eigenvalue weighted by Gasteiger charge is 2.27. The van der Waals surface area contributed by atoms with E-state index in [0.29, 0.717) is 5.56 Å². The summed E-state index contributed by atoms with van der Waals surface area (Å²) in [7, 11) is 0. The molecule has 18 heteroatoms. The lowest BCUT2D eigenvalue weighted by molar-refractivity contribution is -0.141. The van der Waals surface area contributed by atoms with E-state index in [1.54, 1.807) is 30.3 Å². The van der Waals surface area contributed by atoms with Crippen molar-refractivity contribution in [3.05, 3.63) is 48.0 Å². The highest BCUT2D eigenvalue weighted by atomic mass is 16.3. The van der Waals surface area contributed by atoms with Crippen LogP contribution in [0.5, 0.6) is 0 Å². The van der Waals surface area contributed by atoms with Crippen LogP contribution in [0.15, 0.2) is 42.5 Å². The standard InChI is InChI=1S/C34H48N6O12/c41-16-11-24(43)20-37-28(46)7-6-27(45)26(18-23-4-2-1-3-5-23)38-30(48)19-34(52)39(21-25(44)12-17-42)22-31(49)36-14-13-35-29(47)10-15-40-32(50)8-9-33(40)51/h1-5,8-9,24-26,41-44H,6-7,10-22H2,(H,35,47)(H,36,49)(H,37,46)(H,38,48). The lowest BCUT2D eigenvalue weighted by Crippen LogP contribution is -2.48. The van der Waals surface area contributed by atoms with Crippen molar-refractivity contribution in [2.75, 3.05) is 52.5 Å². The van der Waals surface area contributed by atoms with Crippen LogP contribution in [0.25, 0.3) is 0 Å². The van der Waals surface area contributed by atoms with Gasteiger partial charge in [-0.25, -0.2) is 0 Å². The number of carbonyl (C=O) groups is 8. The summed E-state index contributed by atoms with van der Waals surface area (Å²) in [6.07, 6.45) is -1.40. The Kier molecular flexibility index (Phi) is 19.4. The minimum atomic E-state index is -1.23. The number of carbonyl (C=O) groups excluding carboxylic acids is 8. The van der Waals surface area contributed by atoms with Crippen molar-refractivity contribution in [1.82, 2.24) is 31.1 Å². The van der Waals surface area contributed by atoms with Crippen molar-refractivity contribution < 1.29 is 58.8 Å². The van der Waals surface area contributed by atoms with Gasteiger partial charge in [0.1, 0.15) is 6.42 Å². The third kappa shape index (κ3) is 16.8. The Morgan fingerprint density at radius 2 is 1.33 bits per heavy atom. The number of hydrogen-bond acceptors (Lipinski definition) is 12. The summed E-state index contributed by atoms with van der Waals surface area (Å²) in [6, 6.07) is 7.59. The quantitative estimate of drug-likeness (QED) is 0.0276. The van der Waals surface area contributed by atoms with E-state index < -0.39 is 91.5 Å². The van der Waals surface area contributed by atoms with E-state index in [1.165, 1.54) is 0 Å². The van der Waals surface area contributed by atoms with Gasteiger partial charge in [-0.2, -0.15) is 0 Å². The van der Waals surface area contributed by atoms with Crippen LogP contribution in [0.1, 0.15) is 44.1 Å². The number of nitrogens with one attached hydrogen (secondary N) is 4. The minimum absolute atomic E-state index is 0.0155. The molecule has 1 aromatic rings. The number of rotatable bonds is 25. The van der Waals surface area contributed by atoms with Crippen molar-refractivity contribution in [3.8, 4) is 0 Å². The summed E-state index contributed by atoms with van der Waals surface area (Å²) < 4.78 is 0. The molecule has 0 aromatic heterocycles. The van der Waals surface area contributed by atoms with Crippen LogP contribution in [0.4, 0.5) is 0 Å². The van der Waals surface area contributed by atoms with Gasteiger partial charge >= 0.3 is 0 Å². The van der Waals surface area contributed by atoms with Gasteiger partial charge in [-0.15, -0.1) is 0 Å². The molecule has 0 spiro atoms. The Hall–Kier alpha value is -5.04. The van der Waals surface area contributed by atoms with E-state index in [2.05, 4.69) is 21.3 Å². The van der Waals surface area contributed by atoms with Crippen molar-refractivity contribution in [2.24, 2.45) is 0 Å². The van der Waals surface area contributed by atoms with Crippen LogP contribution in [0.3, 0.4) is 0 Å². The molecule has 8 N–H and O–H groups in total. The number of imide groups is 1. The van der Waals surface area contributed by atoms with E-state index in [4.69, 9.17) is 5.11 Å². The number of aliphatic hydroxyl groups is 4. The Bertz CT molecular complexity index is 1400. The maximum atomic E-state index is 13.2. The predicted molar refractivity (Wildman–Crippen MR) is 182 cm³/mol. The SMILES string of the molecule is O=C(CCN1C(=O)C=CC1=O)NCCNC(=O)CN(CC(O)CCO)C(=O)CC(=O)NC(Cc1ccccc1)C(=O)CCC(=O)NCC(O)CCO. The van der Waals surface area contributed by atoms with Crippen molar-refractivity contribution in [2.45, 2.75) is 63.2 Å². The maximum absolute atomic E-state index is 13.2. The first-order valence-corrected chi connectivity index (χ1v) is 16.9. The zero-order valence-corrected chi connectivity index (χ0v) is 28.8. The molecule has 0 saturated heterocycles. The van der Waals surface area contributed by atoms with Gasteiger partial charge in [-0.1, -0.05) is 30.3 Å². The number of nitrogens with zero attached hydrogens (tertiary/aromatic N) is 2. The van der Waals surface area contributed by atoms with Gasteiger partial charge in [-0.3, -0.25) is 43.3 Å². The van der Waals surface area contributed by atoms with Gasteiger partial charge in [0.25, 0.3) is 11.8 Å². The minimum Gasteiger partial charge on any atom is -0.396 e. The first-order valence-electron chi connectivity index (χ1n) is 16.9. The van der Waals surface area contributed by atoms with Crippen LogP contribution in [-0.4, -0.2) is 148 Å². The molecular weight excluding hydrogens is 684 g/mol. The molecular formula is C34H48N6O12. The summed E-state index contributed by atoms with van der Waals surface area (Å²) in [5.74, 6) is -4.91. The van der Waals surface area contributed by atoms with E-state index in [-0.39, 0.29) is 71.3 Å². The van der Waals surface area contributed by atoms with Crippen LogP contribution in [0, 0.1) is 0 Å². The molecule has 18 nitrogen and oxygen atoms in total. The molecule has 3 unspecified atom stereocenters. The second kappa shape index (κ2) is 23.4. The highest BCUT2D eigenvalue weighted by molar-refractivity contribution is 6.13. The summed E-state index contributed by atoms with van der Waals surface area (Å²) in [6.45, 7) is -1.93. The third-order valence-corrected chi connectivity index (χ3v) is 7.73. The Labute approximate surface area is 300 Å². The lowest BCUT2D eigenvalue weighted by atomic mass is 9.99. The van der Waals surface area contributed by atoms with E-state index in [0.717, 1.165) is 22.0 Å². The molecule has 1 aliphatic heterocycles. The summed E-state index contributed by atoms with van der Waals surface area (Å²) >= 11 is 0. The van der Waals surface area contributed by atoms with Gasteiger partial charge in [0.15, 0.2) is 5.78 Å². The van der Waals surface area contributed by atoms with Gasteiger partial charge in [0, 0.05) is 77.4 Å². The topological polar surface area (TPSA) is 272 Å². The number of ketones is 1. The summed E-state index contributed by atoms with van der Waals surface area (Å²) in [5.41, 5.74) is 0.694. The zero-order valence-electron chi connectivity index (χ0n) is 28.8. The fraction of sp³-hybridized carbons (Fsp3) is 0.529. The fourth-order valence-corrected chi connectivity index (χ4v) is 4.91. The lowest BCUT2D eigenvalue weighted by Gasteiger charge is -2.25. The second-order valence-corrected chi connectivity index (χ2v) is 12.0. The predicted octanol–water partition coefficient (Wildman–Crippen LogP) is -3.57. The first-order chi connectivity index (χ1) is 24.8. The van der Waals surface area contributed by atoms with Crippen molar-refractivity contribution in [1.29, 1.82) is 0 Å². The average molecular weight is 733 g/mol. The summed E-state index contributed by atoms with van der Waals surface area (Å²) in [5, 5.41) is 48.0. The molecule has 1 aliphatic rings. The zero-order chi connectivity index (χ0) is 38.5. The van der Waals surface area contributed by atoms with Gasteiger partial charge in [0.2, 0.25) is 29.5 Å². The molecule has 0 saturated carbocycles. The molecule has 52 heavy (non-hydrogen) atoms. The number of benzene rings is 1. The summed E-state index contributed by atoms with van der Waals surface area (Å²) in [4.78, 5) is 101. The van der Waals surface area contributed by atoms with Crippen molar-refractivity contribution >= 4 is 47.1 Å². The maximum Gasteiger partial charge on any atom is 0.253 e. The van der Waals surface area contributed by atoms with E-state index in [1.807, 2.05) is 0 Å². The molecule has 0 aliphatic carbocycles. The molecule has 7 amide bonds. The molecule has 0 fully saturated rings. The number of amides is 7. The number of hydrogen-bond donors (Lipinski definition) is 8. The van der Waals surface area contributed by atoms with Crippen molar-refractivity contribution in [3.63, 3.8) is 0 Å². The average Bonchev–Trinajstić information content (AvgIpc) is 3.43. The molecule has 0 bridgehead atoms. The molecule has 286 valence electrons. The van der Waals surface area contributed by atoms with Crippen LogP contribution < -0.4 is 21.3 Å². The van der Waals surface area contributed by atoms with E-state index >= 15 is 0 Å². The number of Topliss-reactive ketones (excluding diaryl/α,β-unsaturated/α-hetero) is 1. The fourth-order valence-electron chi connectivity index (χ4n) is 4.91. The molecule has 2 rings (SSSR count). The smallest absolute Gasteiger partial charge is 0.253 e. The molecule has 0 radical (unpaired) electrons.